The summed E-state index contributed by atoms with van der Waals surface area (Å²) in [5.41, 5.74) is 0.183. The van der Waals surface area contributed by atoms with Crippen LogP contribution >= 0.6 is 0 Å². The van der Waals surface area contributed by atoms with E-state index in [-0.39, 0.29) is 18.0 Å². The fourth-order valence-electron chi connectivity index (χ4n) is 1.27. The van der Waals surface area contributed by atoms with Crippen molar-refractivity contribution in [3.05, 3.63) is 30.1 Å². The van der Waals surface area contributed by atoms with E-state index in [2.05, 4.69) is 5.32 Å². The van der Waals surface area contributed by atoms with E-state index in [0.29, 0.717) is 12.1 Å². The lowest BCUT2D eigenvalue weighted by molar-refractivity contribution is 0.260. The second-order valence-corrected chi connectivity index (χ2v) is 3.96. The van der Waals surface area contributed by atoms with Gasteiger partial charge in [0, 0.05) is 12.1 Å². The van der Waals surface area contributed by atoms with Crippen molar-refractivity contribution in [3.8, 4) is 0 Å². The van der Waals surface area contributed by atoms with Crippen LogP contribution in [-0.2, 0) is 0 Å². The molecule has 3 heteroatoms. The van der Waals surface area contributed by atoms with Crippen LogP contribution in [-0.4, -0.2) is 17.3 Å². The summed E-state index contributed by atoms with van der Waals surface area (Å²) in [6.07, 6.45) is 0.585. The van der Waals surface area contributed by atoms with Crippen molar-refractivity contribution in [3.63, 3.8) is 0 Å². The van der Waals surface area contributed by atoms with E-state index in [1.807, 2.05) is 13.8 Å². The van der Waals surface area contributed by atoms with Crippen molar-refractivity contribution in [2.75, 3.05) is 11.9 Å². The predicted octanol–water partition coefficient (Wildman–Crippen LogP) is 2.40. The van der Waals surface area contributed by atoms with Gasteiger partial charge in [-0.05, 0) is 32.4 Å². The van der Waals surface area contributed by atoms with Gasteiger partial charge in [-0.15, -0.1) is 0 Å². The number of anilines is 1. The molecule has 0 aliphatic heterocycles. The number of aliphatic hydroxyl groups excluding tert-OH is 1. The Morgan fingerprint density at radius 3 is 2.57 bits per heavy atom. The number of hydrogen-bond acceptors (Lipinski definition) is 2. The highest BCUT2D eigenvalue weighted by molar-refractivity contribution is 5.46. The molecule has 14 heavy (non-hydrogen) atoms. The molecule has 0 radical (unpaired) electrons. The van der Waals surface area contributed by atoms with Crippen molar-refractivity contribution >= 4 is 5.69 Å². The number of benzene rings is 1. The van der Waals surface area contributed by atoms with Crippen LogP contribution < -0.4 is 5.32 Å². The third kappa shape index (κ3) is 3.00. The fourth-order valence-corrected chi connectivity index (χ4v) is 1.27. The maximum atomic E-state index is 13.2. The number of nitrogens with one attached hydrogen (secondary N) is 1. The van der Waals surface area contributed by atoms with Gasteiger partial charge in [-0.2, -0.15) is 0 Å². The minimum atomic E-state index is -0.295. The van der Waals surface area contributed by atoms with Crippen LogP contribution in [0.2, 0.25) is 0 Å². The topological polar surface area (TPSA) is 32.3 Å². The molecule has 1 aromatic carbocycles. The Labute approximate surface area is 83.8 Å². The number of halogens is 1. The molecule has 0 spiro atoms. The van der Waals surface area contributed by atoms with E-state index in [0.717, 1.165) is 0 Å². The molecule has 0 bridgehead atoms. The molecule has 0 fully saturated rings. The minimum absolute atomic E-state index is 0.0917. The first kappa shape index (κ1) is 11.0. The molecule has 0 aliphatic carbocycles. The highest BCUT2D eigenvalue weighted by Crippen LogP contribution is 2.20. The Kier molecular flexibility index (Phi) is 3.47. The van der Waals surface area contributed by atoms with Gasteiger partial charge in [0.1, 0.15) is 5.82 Å². The number of aliphatic hydroxyl groups is 1. The molecule has 0 amide bonds. The molecule has 0 saturated carbocycles. The number of hydrogen-bond donors (Lipinski definition) is 2. The Morgan fingerprint density at radius 2 is 2.00 bits per heavy atom. The lowest BCUT2D eigenvalue weighted by Gasteiger charge is -2.26. The van der Waals surface area contributed by atoms with Crippen molar-refractivity contribution in [2.24, 2.45) is 0 Å². The molecule has 0 aliphatic rings. The summed E-state index contributed by atoms with van der Waals surface area (Å²) in [5.74, 6) is -0.265. The molecule has 0 aromatic heterocycles. The van der Waals surface area contributed by atoms with Crippen molar-refractivity contribution in [1.29, 1.82) is 0 Å². The number of rotatable bonds is 4. The summed E-state index contributed by atoms with van der Waals surface area (Å²) in [4.78, 5) is 0. The zero-order valence-corrected chi connectivity index (χ0v) is 8.55. The zero-order valence-electron chi connectivity index (χ0n) is 8.55. The molecule has 0 heterocycles. The third-order valence-electron chi connectivity index (χ3n) is 2.08. The maximum absolute atomic E-state index is 13.2. The van der Waals surface area contributed by atoms with Gasteiger partial charge in [-0.3, -0.25) is 0 Å². The predicted molar refractivity (Wildman–Crippen MR) is 55.8 cm³/mol. The second kappa shape index (κ2) is 4.42. The summed E-state index contributed by atoms with van der Waals surface area (Å²) in [6.45, 7) is 3.94. The van der Waals surface area contributed by atoms with Crippen LogP contribution in [0, 0.1) is 5.82 Å². The highest BCUT2D eigenvalue weighted by atomic mass is 19.1. The Morgan fingerprint density at radius 1 is 1.36 bits per heavy atom. The average Bonchev–Trinajstić information content (AvgIpc) is 2.08. The van der Waals surface area contributed by atoms with Crippen LogP contribution in [0.1, 0.15) is 20.3 Å². The second-order valence-electron chi connectivity index (χ2n) is 3.96. The lowest BCUT2D eigenvalue weighted by atomic mass is 10.0. The molecule has 0 unspecified atom stereocenters. The first-order valence-electron chi connectivity index (χ1n) is 4.69. The normalized spacial score (nSPS) is 11.4. The monoisotopic (exact) mass is 197 g/mol. The molecule has 0 saturated heterocycles. The van der Waals surface area contributed by atoms with Gasteiger partial charge in [0.15, 0.2) is 0 Å². The van der Waals surface area contributed by atoms with Crippen LogP contribution in [0.5, 0.6) is 0 Å². The first-order chi connectivity index (χ1) is 6.55. The zero-order chi connectivity index (χ0) is 10.6. The fraction of sp³-hybridized carbons (Fsp3) is 0.455. The summed E-state index contributed by atoms with van der Waals surface area (Å²) >= 11 is 0. The molecule has 1 rings (SSSR count). The largest absolute Gasteiger partial charge is 0.396 e. The molecule has 0 atom stereocenters. The molecular weight excluding hydrogens is 181 g/mol. The van der Waals surface area contributed by atoms with E-state index < -0.39 is 0 Å². The van der Waals surface area contributed by atoms with E-state index in [1.165, 1.54) is 6.07 Å². The molecule has 1 aromatic rings. The highest BCUT2D eigenvalue weighted by Gasteiger charge is 2.17. The van der Waals surface area contributed by atoms with E-state index >= 15 is 0 Å². The van der Waals surface area contributed by atoms with Gasteiger partial charge in [-0.1, -0.05) is 12.1 Å². The van der Waals surface area contributed by atoms with Gasteiger partial charge >= 0.3 is 0 Å². The molecule has 78 valence electrons. The quantitative estimate of drug-likeness (QED) is 0.776. The maximum Gasteiger partial charge on any atom is 0.146 e. The van der Waals surface area contributed by atoms with E-state index in [4.69, 9.17) is 5.11 Å². The molecule has 2 nitrogen and oxygen atoms in total. The summed E-state index contributed by atoms with van der Waals surface area (Å²) in [5, 5.41) is 11.9. The summed E-state index contributed by atoms with van der Waals surface area (Å²) < 4.78 is 13.2. The summed E-state index contributed by atoms with van der Waals surface area (Å²) in [7, 11) is 0. The smallest absolute Gasteiger partial charge is 0.146 e. The Balaban J connectivity index is 2.73. The minimum Gasteiger partial charge on any atom is -0.396 e. The van der Waals surface area contributed by atoms with Gasteiger partial charge in [0.2, 0.25) is 0 Å². The summed E-state index contributed by atoms with van der Waals surface area (Å²) in [6, 6.07) is 6.53. The lowest BCUT2D eigenvalue weighted by Crippen LogP contribution is -2.32. The number of para-hydroxylation sites is 1. The first-order valence-corrected chi connectivity index (χ1v) is 4.69. The van der Waals surface area contributed by atoms with Crippen molar-refractivity contribution in [1.82, 2.24) is 0 Å². The third-order valence-corrected chi connectivity index (χ3v) is 2.08. The van der Waals surface area contributed by atoms with Gasteiger partial charge < -0.3 is 10.4 Å². The Hall–Kier alpha value is -1.09. The molecule has 2 N–H and O–H groups in total. The van der Waals surface area contributed by atoms with E-state index in [9.17, 15) is 4.39 Å². The van der Waals surface area contributed by atoms with Crippen LogP contribution in [0.15, 0.2) is 24.3 Å². The molecular formula is C11H16FNO. The standard InChI is InChI=1S/C11H16FNO/c1-11(2,7-8-14)13-10-6-4-3-5-9(10)12/h3-6,13-14H,7-8H2,1-2H3. The van der Waals surface area contributed by atoms with Crippen LogP contribution in [0.4, 0.5) is 10.1 Å². The van der Waals surface area contributed by atoms with Crippen molar-refractivity contribution in [2.45, 2.75) is 25.8 Å². The van der Waals surface area contributed by atoms with Crippen LogP contribution in [0.3, 0.4) is 0 Å². The van der Waals surface area contributed by atoms with Crippen LogP contribution in [0.25, 0.3) is 0 Å². The Bertz CT molecular complexity index is 299. The van der Waals surface area contributed by atoms with Gasteiger partial charge in [-0.25, -0.2) is 4.39 Å². The SMILES string of the molecule is CC(C)(CCO)Nc1ccccc1F. The average molecular weight is 197 g/mol. The van der Waals surface area contributed by atoms with Crippen molar-refractivity contribution < 1.29 is 9.50 Å². The van der Waals surface area contributed by atoms with E-state index in [1.54, 1.807) is 18.2 Å². The van der Waals surface area contributed by atoms with Gasteiger partial charge in [0.25, 0.3) is 0 Å². The van der Waals surface area contributed by atoms with Gasteiger partial charge in [0.05, 0.1) is 5.69 Å².